The van der Waals surface area contributed by atoms with Crippen molar-refractivity contribution in [1.82, 2.24) is 10.2 Å². The third kappa shape index (κ3) is 10.1. The van der Waals surface area contributed by atoms with Gasteiger partial charge in [-0.05, 0) is 91.3 Å². The summed E-state index contributed by atoms with van der Waals surface area (Å²) in [5.74, 6) is 0.878. The minimum Gasteiger partial charge on any atom is -0.492 e. The number of carboxylic acid groups (broad SMARTS) is 1. The Kier molecular flexibility index (Phi) is 14.3. The lowest BCUT2D eigenvalue weighted by molar-refractivity contribution is -0.139. The first kappa shape index (κ1) is 35.2. The fraction of sp³-hybridized carbons (Fsp3) is 0.459. The molecule has 0 bridgehead atoms. The predicted molar refractivity (Wildman–Crippen MR) is 184 cm³/mol. The van der Waals surface area contributed by atoms with Crippen LogP contribution in [-0.4, -0.2) is 59.6 Å². The molecule has 1 amide bonds. The SMILES string of the molecule is C.CSCC[C@H](NC(=O)c1ccc(CN(C)[C@@H](COc2ccccc2)CC2CCCCC2)cc1-c1ccccc1C)C(=O)O. The van der Waals surface area contributed by atoms with E-state index in [4.69, 9.17) is 4.74 Å². The number of carboxylic acids is 1. The van der Waals surface area contributed by atoms with Gasteiger partial charge >= 0.3 is 5.97 Å². The van der Waals surface area contributed by atoms with Crippen molar-refractivity contribution in [2.24, 2.45) is 5.92 Å². The number of hydrogen-bond acceptors (Lipinski definition) is 5. The van der Waals surface area contributed by atoms with E-state index in [1.807, 2.05) is 79.9 Å². The van der Waals surface area contributed by atoms with Gasteiger partial charge in [-0.25, -0.2) is 4.79 Å². The molecule has 3 aromatic rings. The fourth-order valence-corrected chi connectivity index (χ4v) is 6.50. The number of rotatable bonds is 15. The van der Waals surface area contributed by atoms with Gasteiger partial charge in [0.15, 0.2) is 0 Å². The van der Waals surface area contributed by atoms with Crippen molar-refractivity contribution in [3.8, 4) is 16.9 Å². The second-order valence-electron chi connectivity index (χ2n) is 11.8. The normalized spacial score (nSPS) is 14.8. The lowest BCUT2D eigenvalue weighted by Gasteiger charge is -2.33. The van der Waals surface area contributed by atoms with Crippen LogP contribution in [0.2, 0.25) is 0 Å². The molecule has 0 saturated heterocycles. The number of nitrogens with one attached hydrogen (secondary N) is 1. The van der Waals surface area contributed by atoms with Crippen molar-refractivity contribution in [2.45, 2.75) is 77.9 Å². The Labute approximate surface area is 268 Å². The monoisotopic (exact) mass is 618 g/mol. The van der Waals surface area contributed by atoms with Crippen molar-refractivity contribution in [1.29, 1.82) is 0 Å². The van der Waals surface area contributed by atoms with Crippen LogP contribution in [-0.2, 0) is 11.3 Å². The van der Waals surface area contributed by atoms with E-state index in [0.29, 0.717) is 36.8 Å². The van der Waals surface area contributed by atoms with Crippen LogP contribution in [0.15, 0.2) is 72.8 Å². The zero-order valence-corrected chi connectivity index (χ0v) is 26.6. The van der Waals surface area contributed by atoms with Gasteiger partial charge in [-0.3, -0.25) is 9.69 Å². The van der Waals surface area contributed by atoms with Gasteiger partial charge in [0.05, 0.1) is 0 Å². The summed E-state index contributed by atoms with van der Waals surface area (Å²) in [5, 5.41) is 12.5. The van der Waals surface area contributed by atoms with Crippen LogP contribution in [0, 0.1) is 12.8 Å². The van der Waals surface area contributed by atoms with Crippen LogP contribution in [0.1, 0.15) is 73.9 Å². The number of thioether (sulfide) groups is 1. The van der Waals surface area contributed by atoms with Gasteiger partial charge < -0.3 is 15.2 Å². The third-order valence-electron chi connectivity index (χ3n) is 8.55. The molecule has 2 N–H and O–H groups in total. The first-order valence-electron chi connectivity index (χ1n) is 15.4. The van der Waals surface area contributed by atoms with E-state index >= 15 is 0 Å². The van der Waals surface area contributed by atoms with E-state index in [1.165, 1.54) is 32.1 Å². The van der Waals surface area contributed by atoms with E-state index in [0.717, 1.165) is 34.4 Å². The Balaban J connectivity index is 0.00000529. The summed E-state index contributed by atoms with van der Waals surface area (Å²) in [6, 6.07) is 23.3. The molecule has 6 nitrogen and oxygen atoms in total. The highest BCUT2D eigenvalue weighted by molar-refractivity contribution is 7.98. The summed E-state index contributed by atoms with van der Waals surface area (Å²) in [6.45, 7) is 3.37. The first-order valence-corrected chi connectivity index (χ1v) is 16.8. The molecule has 0 radical (unpaired) electrons. The van der Waals surface area contributed by atoms with Gasteiger partial charge in [-0.15, -0.1) is 0 Å². The molecule has 0 spiro atoms. The Morgan fingerprint density at radius 2 is 1.70 bits per heavy atom. The van der Waals surface area contributed by atoms with Gasteiger partial charge in [-0.1, -0.05) is 88.1 Å². The largest absolute Gasteiger partial charge is 0.492 e. The summed E-state index contributed by atoms with van der Waals surface area (Å²) in [4.78, 5) is 27.8. The summed E-state index contributed by atoms with van der Waals surface area (Å²) in [5.41, 5.74) is 4.44. The number of ether oxygens (including phenoxy) is 1. The first-order chi connectivity index (χ1) is 20.9. The van der Waals surface area contributed by atoms with Crippen molar-refractivity contribution in [2.75, 3.05) is 25.7 Å². The highest BCUT2D eigenvalue weighted by Crippen LogP contribution is 2.31. The number of benzene rings is 3. The van der Waals surface area contributed by atoms with Crippen molar-refractivity contribution < 1.29 is 19.4 Å². The number of nitrogens with zero attached hydrogens (tertiary/aromatic N) is 1. The van der Waals surface area contributed by atoms with E-state index < -0.39 is 12.0 Å². The molecule has 238 valence electrons. The Morgan fingerprint density at radius 3 is 2.39 bits per heavy atom. The van der Waals surface area contributed by atoms with E-state index in [2.05, 4.69) is 23.3 Å². The zero-order valence-electron chi connectivity index (χ0n) is 25.8. The number of hydrogen-bond donors (Lipinski definition) is 2. The molecule has 1 fully saturated rings. The second-order valence-corrected chi connectivity index (χ2v) is 12.8. The van der Waals surface area contributed by atoms with Crippen molar-refractivity contribution in [3.63, 3.8) is 0 Å². The van der Waals surface area contributed by atoms with E-state index in [1.54, 1.807) is 11.8 Å². The van der Waals surface area contributed by atoms with Crippen LogP contribution in [0.5, 0.6) is 5.75 Å². The van der Waals surface area contributed by atoms with Crippen molar-refractivity contribution in [3.05, 3.63) is 89.5 Å². The maximum Gasteiger partial charge on any atom is 0.326 e. The maximum atomic E-state index is 13.5. The standard InChI is InChI=1S/C36H46N2O4S.CH4/c1-26-12-10-11-17-31(26)33-23-28(18-19-32(33)35(39)37-34(36(40)41)20-21-43-3)24-38(2)29(22-27-13-6-4-7-14-27)25-42-30-15-8-5-9-16-30;/h5,8-12,15-19,23,27,29,34H,4,6-7,13-14,20-22,24-25H2,1-3H3,(H,37,39)(H,40,41);1H4/t29-,34+;/m1./s1. The molecule has 0 aliphatic heterocycles. The lowest BCUT2D eigenvalue weighted by Crippen LogP contribution is -2.41. The maximum absolute atomic E-state index is 13.5. The fourth-order valence-electron chi connectivity index (χ4n) is 6.02. The molecule has 3 aromatic carbocycles. The molecule has 4 rings (SSSR count). The van der Waals surface area contributed by atoms with E-state index in [9.17, 15) is 14.7 Å². The van der Waals surface area contributed by atoms with Gasteiger partial charge in [-0.2, -0.15) is 11.8 Å². The Bertz CT molecular complexity index is 1330. The van der Waals surface area contributed by atoms with Crippen LogP contribution >= 0.6 is 11.8 Å². The quantitative estimate of drug-likeness (QED) is 0.179. The van der Waals surface area contributed by atoms with Crippen LogP contribution in [0.25, 0.3) is 11.1 Å². The molecule has 7 heteroatoms. The number of likely N-dealkylation sites (N-methyl/N-ethyl adjacent to an activating group) is 1. The molecule has 44 heavy (non-hydrogen) atoms. The van der Waals surface area contributed by atoms with Crippen LogP contribution in [0.3, 0.4) is 0 Å². The minimum absolute atomic E-state index is 0. The third-order valence-corrected chi connectivity index (χ3v) is 9.19. The minimum atomic E-state index is -1.01. The lowest BCUT2D eigenvalue weighted by atomic mass is 9.84. The van der Waals surface area contributed by atoms with Gasteiger partial charge in [0.2, 0.25) is 0 Å². The highest BCUT2D eigenvalue weighted by atomic mass is 32.2. The molecule has 2 atom stereocenters. The molecule has 1 aliphatic rings. The number of aliphatic carboxylic acids is 1. The summed E-state index contributed by atoms with van der Waals surface area (Å²) in [7, 11) is 2.17. The number of para-hydroxylation sites is 1. The summed E-state index contributed by atoms with van der Waals surface area (Å²) in [6.07, 6.45) is 9.92. The number of aryl methyl sites for hydroxylation is 1. The van der Waals surface area contributed by atoms with E-state index in [-0.39, 0.29) is 19.4 Å². The van der Waals surface area contributed by atoms with Gasteiger partial charge in [0.25, 0.3) is 5.91 Å². The van der Waals surface area contributed by atoms with Crippen LogP contribution in [0.4, 0.5) is 0 Å². The molecule has 1 saturated carbocycles. The number of amides is 1. The van der Waals surface area contributed by atoms with Crippen molar-refractivity contribution >= 4 is 23.6 Å². The van der Waals surface area contributed by atoms with Crippen LogP contribution < -0.4 is 10.1 Å². The molecule has 0 aromatic heterocycles. The average Bonchev–Trinajstić information content (AvgIpc) is 3.02. The molecule has 1 aliphatic carbocycles. The number of carbonyl (C=O) groups excluding carboxylic acids is 1. The summed E-state index contributed by atoms with van der Waals surface area (Å²) >= 11 is 1.57. The average molecular weight is 619 g/mol. The second kappa shape index (κ2) is 17.9. The predicted octanol–water partition coefficient (Wildman–Crippen LogP) is 8.08. The Hall–Kier alpha value is -3.29. The highest BCUT2D eigenvalue weighted by Gasteiger charge is 2.25. The Morgan fingerprint density at radius 1 is 1.00 bits per heavy atom. The zero-order chi connectivity index (χ0) is 30.6. The number of carbonyl (C=O) groups is 2. The summed E-state index contributed by atoms with van der Waals surface area (Å²) < 4.78 is 6.27. The molecular weight excluding hydrogens is 568 g/mol. The molecular formula is C37H50N2O4S. The van der Waals surface area contributed by atoms with Gasteiger partial charge in [0.1, 0.15) is 18.4 Å². The van der Waals surface area contributed by atoms with Gasteiger partial charge in [0, 0.05) is 18.2 Å². The smallest absolute Gasteiger partial charge is 0.326 e. The molecule has 0 heterocycles. The topological polar surface area (TPSA) is 78.9 Å². The molecule has 0 unspecified atom stereocenters.